The molecule has 0 N–H and O–H groups in total. The van der Waals surface area contributed by atoms with Crippen LogP contribution in [0.4, 0.5) is 0 Å². The number of benzene rings is 1. The molecule has 0 bridgehead atoms. The summed E-state index contributed by atoms with van der Waals surface area (Å²) in [6, 6.07) is 6.13. The molecule has 0 aliphatic heterocycles. The average Bonchev–Trinajstić information content (AvgIpc) is 2.75. The first kappa shape index (κ1) is 13.7. The van der Waals surface area contributed by atoms with Crippen molar-refractivity contribution in [3.8, 4) is 5.75 Å². The maximum Gasteiger partial charge on any atom is 0.146 e. The largest absolute Gasteiger partial charge is 0.494 e. The van der Waals surface area contributed by atoms with Gasteiger partial charge < -0.3 is 9.30 Å². The van der Waals surface area contributed by atoms with Crippen LogP contribution in [-0.2, 0) is 13.0 Å². The van der Waals surface area contributed by atoms with Crippen LogP contribution in [0.3, 0.4) is 0 Å². The standard InChI is InChI=1S/C16H21ClN2O/c1-16(8-4-9-16)11-19-12-5-3-6-13(20-2)15(12)18-14(19)7-10-17/h3,5-6H,4,7-11H2,1-2H3. The van der Waals surface area contributed by atoms with Crippen LogP contribution in [0.25, 0.3) is 11.0 Å². The number of halogens is 1. The van der Waals surface area contributed by atoms with Gasteiger partial charge in [0.15, 0.2) is 0 Å². The van der Waals surface area contributed by atoms with E-state index in [9.17, 15) is 0 Å². The number of hydrogen-bond donors (Lipinski definition) is 0. The number of aromatic nitrogens is 2. The molecular formula is C16H21ClN2O. The van der Waals surface area contributed by atoms with Crippen molar-refractivity contribution in [1.82, 2.24) is 9.55 Å². The van der Waals surface area contributed by atoms with E-state index >= 15 is 0 Å². The Balaban J connectivity index is 2.09. The molecule has 1 aromatic carbocycles. The summed E-state index contributed by atoms with van der Waals surface area (Å²) in [4.78, 5) is 4.77. The van der Waals surface area contributed by atoms with E-state index in [1.807, 2.05) is 12.1 Å². The Kier molecular flexibility index (Phi) is 3.63. The molecule has 1 saturated carbocycles. The second kappa shape index (κ2) is 5.28. The van der Waals surface area contributed by atoms with Crippen LogP contribution in [0.15, 0.2) is 18.2 Å². The normalized spacial score (nSPS) is 17.1. The Labute approximate surface area is 124 Å². The molecule has 1 heterocycles. The third kappa shape index (κ3) is 2.28. The molecule has 0 saturated heterocycles. The van der Waals surface area contributed by atoms with Crippen LogP contribution in [0.1, 0.15) is 32.0 Å². The van der Waals surface area contributed by atoms with Gasteiger partial charge in [0.05, 0.1) is 12.6 Å². The number of alkyl halides is 1. The molecule has 3 nitrogen and oxygen atoms in total. The quantitative estimate of drug-likeness (QED) is 0.778. The minimum atomic E-state index is 0.414. The molecule has 20 heavy (non-hydrogen) atoms. The number of aryl methyl sites for hydroxylation is 1. The van der Waals surface area contributed by atoms with Crippen LogP contribution in [0, 0.1) is 5.41 Å². The number of fused-ring (bicyclic) bond motifs is 1. The molecule has 2 aromatic rings. The van der Waals surface area contributed by atoms with Crippen LogP contribution < -0.4 is 4.74 Å². The lowest BCUT2D eigenvalue weighted by atomic mass is 9.70. The second-order valence-electron chi connectivity index (χ2n) is 6.05. The highest BCUT2D eigenvalue weighted by Gasteiger charge is 2.33. The van der Waals surface area contributed by atoms with Gasteiger partial charge in [0.2, 0.25) is 0 Å². The number of nitrogens with zero attached hydrogens (tertiary/aromatic N) is 2. The van der Waals surface area contributed by atoms with Gasteiger partial charge in [-0.05, 0) is 30.4 Å². The number of imidazole rings is 1. The summed E-state index contributed by atoms with van der Waals surface area (Å²) in [6.45, 7) is 3.40. The smallest absolute Gasteiger partial charge is 0.146 e. The minimum Gasteiger partial charge on any atom is -0.494 e. The molecule has 1 fully saturated rings. The van der Waals surface area contributed by atoms with Crippen molar-refractivity contribution in [2.75, 3.05) is 13.0 Å². The Hall–Kier alpha value is -1.22. The van der Waals surface area contributed by atoms with Gasteiger partial charge in [-0.15, -0.1) is 11.6 Å². The highest BCUT2D eigenvalue weighted by Crippen LogP contribution is 2.43. The lowest BCUT2D eigenvalue weighted by Crippen LogP contribution is -2.31. The van der Waals surface area contributed by atoms with Crippen molar-refractivity contribution in [2.45, 2.75) is 39.2 Å². The topological polar surface area (TPSA) is 27.1 Å². The third-order valence-electron chi connectivity index (χ3n) is 4.46. The van der Waals surface area contributed by atoms with Crippen LogP contribution in [-0.4, -0.2) is 22.5 Å². The zero-order chi connectivity index (χ0) is 14.2. The van der Waals surface area contributed by atoms with Gasteiger partial charge in [-0.1, -0.05) is 19.4 Å². The number of rotatable bonds is 5. The Morgan fingerprint density at radius 3 is 2.80 bits per heavy atom. The molecule has 0 radical (unpaired) electrons. The summed E-state index contributed by atoms with van der Waals surface area (Å²) in [5.41, 5.74) is 2.54. The first-order valence-electron chi connectivity index (χ1n) is 7.25. The minimum absolute atomic E-state index is 0.414. The number of hydrogen-bond acceptors (Lipinski definition) is 2. The maximum absolute atomic E-state index is 5.94. The first-order valence-corrected chi connectivity index (χ1v) is 7.78. The van der Waals surface area contributed by atoms with Gasteiger partial charge in [0.25, 0.3) is 0 Å². The zero-order valence-corrected chi connectivity index (χ0v) is 12.9. The van der Waals surface area contributed by atoms with E-state index in [4.69, 9.17) is 21.3 Å². The molecular weight excluding hydrogens is 272 g/mol. The van der Waals surface area contributed by atoms with Crippen molar-refractivity contribution in [3.63, 3.8) is 0 Å². The number of ether oxygens (including phenoxy) is 1. The first-order chi connectivity index (χ1) is 9.67. The molecule has 1 aliphatic rings. The van der Waals surface area contributed by atoms with Gasteiger partial charge in [-0.25, -0.2) is 4.98 Å². The fourth-order valence-corrected chi connectivity index (χ4v) is 3.28. The van der Waals surface area contributed by atoms with Crippen LogP contribution in [0.5, 0.6) is 5.75 Å². The molecule has 4 heteroatoms. The molecule has 0 spiro atoms. The van der Waals surface area contributed by atoms with Crippen LogP contribution >= 0.6 is 11.6 Å². The molecule has 0 unspecified atom stereocenters. The van der Waals surface area contributed by atoms with Gasteiger partial charge in [0, 0.05) is 18.8 Å². The second-order valence-corrected chi connectivity index (χ2v) is 6.42. The molecule has 0 amide bonds. The van der Waals surface area contributed by atoms with E-state index in [1.54, 1.807) is 7.11 Å². The Morgan fingerprint density at radius 1 is 1.40 bits per heavy atom. The molecule has 3 rings (SSSR count). The van der Waals surface area contributed by atoms with E-state index in [1.165, 1.54) is 19.3 Å². The van der Waals surface area contributed by atoms with Gasteiger partial charge >= 0.3 is 0 Å². The lowest BCUT2D eigenvalue weighted by Gasteiger charge is -2.39. The van der Waals surface area contributed by atoms with E-state index in [-0.39, 0.29) is 0 Å². The van der Waals surface area contributed by atoms with Crippen molar-refractivity contribution >= 4 is 22.6 Å². The van der Waals surface area contributed by atoms with Crippen LogP contribution in [0.2, 0.25) is 0 Å². The highest BCUT2D eigenvalue weighted by atomic mass is 35.5. The summed E-state index contributed by atoms with van der Waals surface area (Å²) in [5.74, 6) is 2.52. The van der Waals surface area contributed by atoms with E-state index in [2.05, 4.69) is 17.6 Å². The molecule has 0 atom stereocenters. The molecule has 1 aromatic heterocycles. The number of methoxy groups -OCH3 is 1. The average molecular weight is 293 g/mol. The highest BCUT2D eigenvalue weighted by molar-refractivity contribution is 6.17. The zero-order valence-electron chi connectivity index (χ0n) is 12.2. The Morgan fingerprint density at radius 2 is 2.20 bits per heavy atom. The number of para-hydroxylation sites is 1. The summed E-state index contributed by atoms with van der Waals surface area (Å²) >= 11 is 5.94. The Bertz CT molecular complexity index is 616. The summed E-state index contributed by atoms with van der Waals surface area (Å²) < 4.78 is 7.78. The van der Waals surface area contributed by atoms with E-state index in [0.29, 0.717) is 11.3 Å². The molecule has 108 valence electrons. The van der Waals surface area contributed by atoms with E-state index < -0.39 is 0 Å². The molecule has 1 aliphatic carbocycles. The van der Waals surface area contributed by atoms with Gasteiger partial charge in [0.1, 0.15) is 17.1 Å². The van der Waals surface area contributed by atoms with Crippen molar-refractivity contribution in [3.05, 3.63) is 24.0 Å². The summed E-state index contributed by atoms with van der Waals surface area (Å²) in [5, 5.41) is 0. The van der Waals surface area contributed by atoms with Gasteiger partial charge in [-0.2, -0.15) is 0 Å². The van der Waals surface area contributed by atoms with Gasteiger partial charge in [-0.3, -0.25) is 0 Å². The third-order valence-corrected chi connectivity index (χ3v) is 4.65. The van der Waals surface area contributed by atoms with Crippen molar-refractivity contribution in [2.24, 2.45) is 5.41 Å². The van der Waals surface area contributed by atoms with Crippen molar-refractivity contribution in [1.29, 1.82) is 0 Å². The lowest BCUT2D eigenvalue weighted by molar-refractivity contribution is 0.132. The predicted molar refractivity (Wildman–Crippen MR) is 82.7 cm³/mol. The predicted octanol–water partition coefficient (Wildman–Crippen LogP) is 4.02. The monoisotopic (exact) mass is 292 g/mol. The fourth-order valence-electron chi connectivity index (χ4n) is 3.11. The van der Waals surface area contributed by atoms with Crippen molar-refractivity contribution < 1.29 is 4.74 Å². The summed E-state index contributed by atoms with van der Waals surface area (Å²) in [7, 11) is 1.70. The SMILES string of the molecule is COc1cccc2c1nc(CCCl)n2CC1(C)CCC1. The summed E-state index contributed by atoms with van der Waals surface area (Å²) in [6.07, 6.45) is 4.75. The fraction of sp³-hybridized carbons (Fsp3) is 0.562. The van der Waals surface area contributed by atoms with E-state index in [0.717, 1.165) is 35.6 Å². The maximum atomic E-state index is 5.94.